The molecule has 0 N–H and O–H groups in total. The minimum absolute atomic E-state index is 0.138. The molecular formula is C14H18N4O2. The van der Waals surface area contributed by atoms with E-state index in [-0.39, 0.29) is 10.6 Å². The number of nitrogens with zero attached hydrogens (tertiary/aromatic N) is 4. The molecule has 0 aliphatic carbocycles. The molecule has 1 saturated heterocycles. The highest BCUT2D eigenvalue weighted by molar-refractivity contribution is 5.32. The van der Waals surface area contributed by atoms with Crippen LogP contribution < -0.4 is 0 Å². The average molecular weight is 274 g/mol. The van der Waals surface area contributed by atoms with E-state index in [0.29, 0.717) is 6.54 Å². The maximum Gasteiger partial charge on any atom is 0.269 e. The van der Waals surface area contributed by atoms with Gasteiger partial charge in [0.05, 0.1) is 17.5 Å². The molecule has 1 aliphatic heterocycles. The van der Waals surface area contributed by atoms with Crippen LogP contribution in [0.3, 0.4) is 0 Å². The summed E-state index contributed by atoms with van der Waals surface area (Å²) in [6.45, 7) is 5.30. The molecule has 1 aromatic rings. The quantitative estimate of drug-likeness (QED) is 0.459. The molecule has 1 fully saturated rings. The van der Waals surface area contributed by atoms with Gasteiger partial charge in [-0.1, -0.05) is 12.1 Å². The predicted octanol–water partition coefficient (Wildman–Crippen LogP) is 1.28. The topological polar surface area (TPSA) is 73.4 Å². The first-order valence-corrected chi connectivity index (χ1v) is 6.74. The maximum atomic E-state index is 10.6. The Hall–Kier alpha value is -1.97. The fourth-order valence-corrected chi connectivity index (χ4v) is 2.34. The van der Waals surface area contributed by atoms with Gasteiger partial charge in [0, 0.05) is 44.9 Å². The fourth-order valence-electron chi connectivity index (χ4n) is 2.34. The lowest BCUT2D eigenvalue weighted by Gasteiger charge is -2.33. The zero-order valence-electron chi connectivity index (χ0n) is 11.4. The van der Waals surface area contributed by atoms with Crippen LogP contribution in [0.15, 0.2) is 24.3 Å². The van der Waals surface area contributed by atoms with E-state index in [9.17, 15) is 10.1 Å². The summed E-state index contributed by atoms with van der Waals surface area (Å²) in [4.78, 5) is 14.7. The smallest absolute Gasteiger partial charge is 0.269 e. The molecule has 6 nitrogen and oxygen atoms in total. The summed E-state index contributed by atoms with van der Waals surface area (Å²) in [5, 5.41) is 19.2. The molecule has 2 rings (SSSR count). The van der Waals surface area contributed by atoms with Crippen molar-refractivity contribution in [1.82, 2.24) is 9.80 Å². The molecule has 6 heteroatoms. The van der Waals surface area contributed by atoms with Gasteiger partial charge >= 0.3 is 0 Å². The normalized spacial score (nSPS) is 16.8. The number of rotatable bonds is 5. The van der Waals surface area contributed by atoms with Crippen molar-refractivity contribution in [2.45, 2.75) is 6.42 Å². The van der Waals surface area contributed by atoms with Gasteiger partial charge in [0.15, 0.2) is 0 Å². The van der Waals surface area contributed by atoms with Crippen LogP contribution >= 0.6 is 0 Å². The molecule has 1 heterocycles. The van der Waals surface area contributed by atoms with E-state index in [1.165, 1.54) is 0 Å². The van der Waals surface area contributed by atoms with Crippen molar-refractivity contribution in [3.05, 3.63) is 39.9 Å². The highest BCUT2D eigenvalue weighted by Crippen LogP contribution is 2.13. The molecule has 0 atom stereocenters. The van der Waals surface area contributed by atoms with Crippen LogP contribution in [-0.4, -0.2) is 54.0 Å². The highest BCUT2D eigenvalue weighted by atomic mass is 16.6. The molecule has 20 heavy (non-hydrogen) atoms. The van der Waals surface area contributed by atoms with Crippen LogP contribution in [0.4, 0.5) is 5.69 Å². The van der Waals surface area contributed by atoms with Gasteiger partial charge in [-0.2, -0.15) is 5.26 Å². The molecule has 0 bridgehead atoms. The standard InChI is InChI=1S/C14H18N4O2/c15-6-8-17-11-9-16(10-12-17)7-5-13-1-3-14(4-2-13)18(19)20/h1-4H,5,7-12H2. The lowest BCUT2D eigenvalue weighted by Crippen LogP contribution is -2.46. The number of non-ortho nitro benzene ring substituents is 1. The van der Waals surface area contributed by atoms with Gasteiger partial charge in [0.25, 0.3) is 5.69 Å². The first kappa shape index (κ1) is 14.4. The van der Waals surface area contributed by atoms with E-state index in [1.807, 2.05) is 12.1 Å². The van der Waals surface area contributed by atoms with Gasteiger partial charge < -0.3 is 4.90 Å². The second kappa shape index (κ2) is 6.98. The van der Waals surface area contributed by atoms with Crippen molar-refractivity contribution in [3.8, 4) is 6.07 Å². The maximum absolute atomic E-state index is 10.6. The summed E-state index contributed by atoms with van der Waals surface area (Å²) in [7, 11) is 0. The lowest BCUT2D eigenvalue weighted by atomic mass is 10.1. The summed E-state index contributed by atoms with van der Waals surface area (Å²) in [5.41, 5.74) is 1.26. The van der Waals surface area contributed by atoms with Crippen molar-refractivity contribution in [2.75, 3.05) is 39.3 Å². The molecule has 0 spiro atoms. The summed E-state index contributed by atoms with van der Waals surface area (Å²) in [6.07, 6.45) is 0.899. The third-order valence-corrected chi connectivity index (χ3v) is 3.62. The van der Waals surface area contributed by atoms with Gasteiger partial charge in [0.1, 0.15) is 0 Å². The van der Waals surface area contributed by atoms with Crippen LogP contribution in [0.1, 0.15) is 5.56 Å². The third-order valence-electron chi connectivity index (χ3n) is 3.62. The third kappa shape index (κ3) is 4.02. The summed E-state index contributed by atoms with van der Waals surface area (Å²) < 4.78 is 0. The Morgan fingerprint density at radius 2 is 1.75 bits per heavy atom. The zero-order chi connectivity index (χ0) is 14.4. The van der Waals surface area contributed by atoms with Crippen molar-refractivity contribution in [1.29, 1.82) is 5.26 Å². The zero-order valence-corrected chi connectivity index (χ0v) is 11.4. The van der Waals surface area contributed by atoms with E-state index < -0.39 is 0 Å². The van der Waals surface area contributed by atoms with Crippen LogP contribution in [-0.2, 0) is 6.42 Å². The average Bonchev–Trinajstić information content (AvgIpc) is 2.47. The predicted molar refractivity (Wildman–Crippen MR) is 75.3 cm³/mol. The Kier molecular flexibility index (Phi) is 5.04. The molecule has 0 radical (unpaired) electrons. The number of benzene rings is 1. The van der Waals surface area contributed by atoms with Crippen molar-refractivity contribution in [3.63, 3.8) is 0 Å². The minimum Gasteiger partial charge on any atom is -0.300 e. The van der Waals surface area contributed by atoms with Crippen LogP contribution in [0.5, 0.6) is 0 Å². The lowest BCUT2D eigenvalue weighted by molar-refractivity contribution is -0.384. The number of nitriles is 1. The first-order valence-electron chi connectivity index (χ1n) is 6.74. The Balaban J connectivity index is 1.76. The largest absolute Gasteiger partial charge is 0.300 e. The molecule has 1 aliphatic rings. The van der Waals surface area contributed by atoms with Crippen molar-refractivity contribution >= 4 is 5.69 Å². The SMILES string of the molecule is N#CCN1CCN(CCc2ccc([N+](=O)[O-])cc2)CC1. The van der Waals surface area contributed by atoms with E-state index in [0.717, 1.165) is 44.7 Å². The highest BCUT2D eigenvalue weighted by Gasteiger charge is 2.16. The van der Waals surface area contributed by atoms with Gasteiger partial charge in [-0.25, -0.2) is 0 Å². The summed E-state index contributed by atoms with van der Waals surface area (Å²) in [6, 6.07) is 8.94. The number of piperazine rings is 1. The van der Waals surface area contributed by atoms with Crippen LogP contribution in [0.25, 0.3) is 0 Å². The molecule has 0 unspecified atom stereocenters. The van der Waals surface area contributed by atoms with E-state index >= 15 is 0 Å². The molecule has 106 valence electrons. The Morgan fingerprint density at radius 3 is 2.30 bits per heavy atom. The summed E-state index contributed by atoms with van der Waals surface area (Å²) >= 11 is 0. The van der Waals surface area contributed by atoms with Crippen molar-refractivity contribution < 1.29 is 4.92 Å². The number of nitro groups is 1. The Labute approximate surface area is 118 Å². The molecule has 0 amide bonds. The van der Waals surface area contributed by atoms with E-state index in [1.54, 1.807) is 12.1 Å². The van der Waals surface area contributed by atoms with Gasteiger partial charge in [-0.15, -0.1) is 0 Å². The van der Waals surface area contributed by atoms with Crippen LogP contribution in [0, 0.1) is 21.4 Å². The molecular weight excluding hydrogens is 256 g/mol. The van der Waals surface area contributed by atoms with Gasteiger partial charge in [-0.05, 0) is 12.0 Å². The molecule has 0 aromatic heterocycles. The molecule has 1 aromatic carbocycles. The Morgan fingerprint density at radius 1 is 1.15 bits per heavy atom. The van der Waals surface area contributed by atoms with Crippen LogP contribution in [0.2, 0.25) is 0 Å². The summed E-state index contributed by atoms with van der Waals surface area (Å²) in [5.74, 6) is 0. The minimum atomic E-state index is -0.377. The monoisotopic (exact) mass is 274 g/mol. The van der Waals surface area contributed by atoms with E-state index in [4.69, 9.17) is 5.26 Å². The van der Waals surface area contributed by atoms with Gasteiger partial charge in [-0.3, -0.25) is 15.0 Å². The molecule has 0 saturated carbocycles. The van der Waals surface area contributed by atoms with Gasteiger partial charge in [0.2, 0.25) is 0 Å². The second-order valence-electron chi connectivity index (χ2n) is 4.95. The number of nitro benzene ring substituents is 1. The van der Waals surface area contributed by atoms with E-state index in [2.05, 4.69) is 15.9 Å². The second-order valence-corrected chi connectivity index (χ2v) is 4.95. The Bertz CT molecular complexity index is 487. The number of hydrogen-bond donors (Lipinski definition) is 0. The first-order chi connectivity index (χ1) is 9.69. The fraction of sp³-hybridized carbons (Fsp3) is 0.500. The van der Waals surface area contributed by atoms with Crippen molar-refractivity contribution in [2.24, 2.45) is 0 Å². The number of hydrogen-bond acceptors (Lipinski definition) is 5.